The molecule has 7 nitrogen and oxygen atoms in total. The zero-order valence-electron chi connectivity index (χ0n) is 12.9. The highest BCUT2D eigenvalue weighted by molar-refractivity contribution is 5.99. The van der Waals surface area contributed by atoms with Gasteiger partial charge in [0.05, 0.1) is 6.20 Å². The van der Waals surface area contributed by atoms with Crippen molar-refractivity contribution in [2.45, 2.75) is 25.7 Å². The van der Waals surface area contributed by atoms with Gasteiger partial charge in [-0.15, -0.1) is 0 Å². The first-order valence-corrected chi connectivity index (χ1v) is 7.81. The Morgan fingerprint density at radius 2 is 2.26 bits per heavy atom. The summed E-state index contributed by atoms with van der Waals surface area (Å²) in [5.74, 6) is 1.22. The highest BCUT2D eigenvalue weighted by Crippen LogP contribution is 2.26. The normalized spacial score (nSPS) is 18.5. The molecule has 3 aromatic heterocycles. The van der Waals surface area contributed by atoms with Gasteiger partial charge in [0.15, 0.2) is 5.65 Å². The summed E-state index contributed by atoms with van der Waals surface area (Å²) in [6.45, 7) is 3.43. The van der Waals surface area contributed by atoms with Crippen LogP contribution in [-0.4, -0.2) is 48.5 Å². The second kappa shape index (κ2) is 5.49. The molecule has 1 atom stereocenters. The number of nitrogens with one attached hydrogen (secondary N) is 1. The van der Waals surface area contributed by atoms with Crippen LogP contribution in [0.3, 0.4) is 0 Å². The number of aryl methyl sites for hydroxylation is 1. The van der Waals surface area contributed by atoms with Gasteiger partial charge >= 0.3 is 0 Å². The lowest BCUT2D eigenvalue weighted by atomic mass is 9.97. The summed E-state index contributed by atoms with van der Waals surface area (Å²) in [6, 6.07) is 1.80. The molecule has 23 heavy (non-hydrogen) atoms. The zero-order chi connectivity index (χ0) is 15.8. The average molecular weight is 310 g/mol. The number of hydrogen-bond acceptors (Lipinski definition) is 4. The molecule has 7 heteroatoms. The molecule has 4 rings (SSSR count). The van der Waals surface area contributed by atoms with Crippen molar-refractivity contribution in [1.29, 1.82) is 0 Å². The number of aromatic amines is 1. The molecule has 4 heterocycles. The minimum atomic E-state index is -0.00771. The van der Waals surface area contributed by atoms with Crippen LogP contribution in [0.5, 0.6) is 0 Å². The van der Waals surface area contributed by atoms with Crippen LogP contribution in [0.4, 0.5) is 0 Å². The van der Waals surface area contributed by atoms with Gasteiger partial charge in [0.2, 0.25) is 0 Å². The Labute approximate surface area is 133 Å². The van der Waals surface area contributed by atoms with E-state index < -0.39 is 0 Å². The van der Waals surface area contributed by atoms with Crippen molar-refractivity contribution in [2.24, 2.45) is 0 Å². The number of rotatable bonds is 2. The number of likely N-dealkylation sites (tertiary alicyclic amines) is 1. The van der Waals surface area contributed by atoms with Crippen LogP contribution in [-0.2, 0) is 0 Å². The number of nitrogens with zero attached hydrogens (tertiary/aromatic N) is 5. The first-order chi connectivity index (χ1) is 11.2. The number of carbonyl (C=O) groups is 1. The molecule has 1 saturated heterocycles. The Morgan fingerprint density at radius 1 is 1.35 bits per heavy atom. The van der Waals surface area contributed by atoms with Gasteiger partial charge in [0.1, 0.15) is 11.4 Å². The first-order valence-electron chi connectivity index (χ1n) is 7.81. The molecule has 0 bridgehead atoms. The second-order valence-corrected chi connectivity index (χ2v) is 5.99. The summed E-state index contributed by atoms with van der Waals surface area (Å²) >= 11 is 0. The summed E-state index contributed by atoms with van der Waals surface area (Å²) < 4.78 is 1.63. The molecule has 0 saturated carbocycles. The van der Waals surface area contributed by atoms with E-state index >= 15 is 0 Å². The molecule has 0 aromatic carbocycles. The number of amides is 1. The number of hydrogen-bond donors (Lipinski definition) is 1. The third-order valence-electron chi connectivity index (χ3n) is 4.33. The monoisotopic (exact) mass is 310 g/mol. The average Bonchev–Trinajstić information content (AvgIpc) is 3.20. The first kappa shape index (κ1) is 13.9. The van der Waals surface area contributed by atoms with E-state index in [1.807, 2.05) is 18.0 Å². The van der Waals surface area contributed by atoms with E-state index in [4.69, 9.17) is 0 Å². The smallest absolute Gasteiger partial charge is 0.259 e. The lowest BCUT2D eigenvalue weighted by Gasteiger charge is -2.31. The lowest BCUT2D eigenvalue weighted by molar-refractivity contribution is 0.0706. The van der Waals surface area contributed by atoms with Crippen molar-refractivity contribution in [1.82, 2.24) is 29.5 Å². The van der Waals surface area contributed by atoms with E-state index in [1.165, 1.54) is 0 Å². The molecule has 1 aliphatic rings. The Kier molecular flexibility index (Phi) is 3.33. The Hall–Kier alpha value is -2.70. The fourth-order valence-corrected chi connectivity index (χ4v) is 3.17. The summed E-state index contributed by atoms with van der Waals surface area (Å²) in [5.41, 5.74) is 2.21. The third-order valence-corrected chi connectivity index (χ3v) is 4.33. The van der Waals surface area contributed by atoms with Gasteiger partial charge in [-0.05, 0) is 25.8 Å². The van der Waals surface area contributed by atoms with Crippen LogP contribution in [0.25, 0.3) is 5.65 Å². The van der Waals surface area contributed by atoms with Gasteiger partial charge in [-0.1, -0.05) is 0 Å². The van der Waals surface area contributed by atoms with Crippen molar-refractivity contribution in [3.8, 4) is 0 Å². The number of fused-ring (bicyclic) bond motifs is 1. The largest absolute Gasteiger partial charge is 0.346 e. The van der Waals surface area contributed by atoms with E-state index in [0.29, 0.717) is 17.8 Å². The summed E-state index contributed by atoms with van der Waals surface area (Å²) in [7, 11) is 0. The molecule has 1 fully saturated rings. The predicted molar refractivity (Wildman–Crippen MR) is 84.2 cm³/mol. The van der Waals surface area contributed by atoms with Crippen LogP contribution in [0.1, 0.15) is 40.6 Å². The Balaban J connectivity index is 1.58. The molecule has 0 radical (unpaired) electrons. The van der Waals surface area contributed by atoms with E-state index in [-0.39, 0.29) is 11.8 Å². The van der Waals surface area contributed by atoms with Gasteiger partial charge in [-0.25, -0.2) is 14.5 Å². The summed E-state index contributed by atoms with van der Waals surface area (Å²) in [5, 5.41) is 4.20. The number of H-pyrrole nitrogens is 1. The van der Waals surface area contributed by atoms with Gasteiger partial charge in [-0.3, -0.25) is 4.79 Å². The van der Waals surface area contributed by atoms with Crippen molar-refractivity contribution in [3.63, 3.8) is 0 Å². The van der Waals surface area contributed by atoms with Crippen LogP contribution in [0.2, 0.25) is 0 Å². The number of piperidine rings is 1. The summed E-state index contributed by atoms with van der Waals surface area (Å²) in [4.78, 5) is 26.7. The minimum Gasteiger partial charge on any atom is -0.346 e. The molecule has 0 aliphatic carbocycles. The number of aromatic nitrogens is 5. The molecule has 118 valence electrons. The van der Waals surface area contributed by atoms with E-state index in [0.717, 1.165) is 30.9 Å². The van der Waals surface area contributed by atoms with Crippen LogP contribution >= 0.6 is 0 Å². The maximum absolute atomic E-state index is 12.9. The second-order valence-electron chi connectivity index (χ2n) is 5.99. The molecule has 1 N–H and O–H groups in total. The third kappa shape index (κ3) is 2.48. The fourth-order valence-electron chi connectivity index (χ4n) is 3.17. The fraction of sp³-hybridized carbons (Fsp3) is 0.375. The topological polar surface area (TPSA) is 79.2 Å². The molecular formula is C16H18N6O. The van der Waals surface area contributed by atoms with Crippen molar-refractivity contribution < 1.29 is 4.79 Å². The molecule has 0 spiro atoms. The van der Waals surface area contributed by atoms with Crippen LogP contribution in [0, 0.1) is 6.92 Å². The highest BCUT2D eigenvalue weighted by Gasteiger charge is 2.28. The van der Waals surface area contributed by atoms with Crippen molar-refractivity contribution in [3.05, 3.63) is 47.9 Å². The molecular weight excluding hydrogens is 292 g/mol. The Bertz CT molecular complexity index is 851. The number of imidazole rings is 1. The zero-order valence-corrected chi connectivity index (χ0v) is 12.9. The summed E-state index contributed by atoms with van der Waals surface area (Å²) in [6.07, 6.45) is 8.94. The SMILES string of the molecule is Cc1cnc([C@H]2CCCN(C(=O)c3cnn4cccnc34)C2)[nH]1. The minimum absolute atomic E-state index is 0.00771. The quantitative estimate of drug-likeness (QED) is 0.782. The molecule has 0 unspecified atom stereocenters. The van der Waals surface area contributed by atoms with E-state index in [9.17, 15) is 4.79 Å². The van der Waals surface area contributed by atoms with Gasteiger partial charge < -0.3 is 9.88 Å². The number of carbonyl (C=O) groups excluding carboxylic acids is 1. The lowest BCUT2D eigenvalue weighted by Crippen LogP contribution is -2.39. The standard InChI is InChI=1S/C16H18N6O/c1-11-8-18-14(20-11)12-4-2-6-21(10-12)16(23)13-9-19-22-7-3-5-17-15(13)22/h3,5,7-9,12H,2,4,6,10H2,1H3,(H,18,20)/t12-/m0/s1. The van der Waals surface area contributed by atoms with Gasteiger partial charge in [0.25, 0.3) is 5.91 Å². The Morgan fingerprint density at radius 3 is 3.09 bits per heavy atom. The molecule has 1 amide bonds. The van der Waals surface area contributed by atoms with Gasteiger partial charge in [-0.2, -0.15) is 5.10 Å². The molecule has 3 aromatic rings. The van der Waals surface area contributed by atoms with E-state index in [1.54, 1.807) is 29.2 Å². The van der Waals surface area contributed by atoms with Crippen molar-refractivity contribution >= 4 is 11.6 Å². The molecule has 1 aliphatic heterocycles. The van der Waals surface area contributed by atoms with E-state index in [2.05, 4.69) is 20.1 Å². The maximum Gasteiger partial charge on any atom is 0.259 e. The maximum atomic E-state index is 12.9. The van der Waals surface area contributed by atoms with Crippen LogP contribution < -0.4 is 0 Å². The van der Waals surface area contributed by atoms with Gasteiger partial charge in [0, 0.05) is 43.3 Å². The van der Waals surface area contributed by atoms with Crippen LogP contribution in [0.15, 0.2) is 30.9 Å². The predicted octanol–water partition coefficient (Wildman–Crippen LogP) is 1.78. The highest BCUT2D eigenvalue weighted by atomic mass is 16.2. The van der Waals surface area contributed by atoms with Crippen molar-refractivity contribution in [2.75, 3.05) is 13.1 Å².